The van der Waals surface area contributed by atoms with Gasteiger partial charge in [0.15, 0.2) is 0 Å². The van der Waals surface area contributed by atoms with Gasteiger partial charge in [-0.3, -0.25) is 4.79 Å². The summed E-state index contributed by atoms with van der Waals surface area (Å²) in [6.45, 7) is 0. The molecular formula is C17H14O3. The van der Waals surface area contributed by atoms with Gasteiger partial charge in [-0.05, 0) is 36.3 Å². The van der Waals surface area contributed by atoms with Gasteiger partial charge >= 0.3 is 0 Å². The van der Waals surface area contributed by atoms with Crippen LogP contribution >= 0.6 is 0 Å². The summed E-state index contributed by atoms with van der Waals surface area (Å²) in [5.41, 5.74) is 1.19. The molecule has 0 unspecified atom stereocenters. The quantitative estimate of drug-likeness (QED) is 0.633. The minimum Gasteiger partial charge on any atom is -0.497 e. The van der Waals surface area contributed by atoms with E-state index in [1.807, 2.05) is 24.3 Å². The first kappa shape index (κ1) is 13.7. The van der Waals surface area contributed by atoms with E-state index in [0.29, 0.717) is 17.1 Å². The Bertz CT molecular complexity index is 678. The van der Waals surface area contributed by atoms with Crippen LogP contribution in [0.3, 0.4) is 0 Å². The Morgan fingerprint density at radius 2 is 1.80 bits per heavy atom. The molecule has 2 rings (SSSR count). The second-order valence-corrected chi connectivity index (χ2v) is 4.01. The third kappa shape index (κ3) is 3.18. The molecule has 0 atom stereocenters. The molecule has 0 aliphatic heterocycles. The topological polar surface area (TPSA) is 35.5 Å². The van der Waals surface area contributed by atoms with Crippen LogP contribution in [0.25, 0.3) is 0 Å². The molecular weight excluding hydrogens is 252 g/mol. The predicted octanol–water partition coefficient (Wildman–Crippen LogP) is 2.94. The highest BCUT2D eigenvalue weighted by Gasteiger charge is 2.08. The predicted molar refractivity (Wildman–Crippen MR) is 77.2 cm³/mol. The van der Waals surface area contributed by atoms with Gasteiger partial charge < -0.3 is 9.47 Å². The Hall–Kier alpha value is -2.73. The van der Waals surface area contributed by atoms with Crippen LogP contribution in [0.5, 0.6) is 11.5 Å². The van der Waals surface area contributed by atoms with E-state index in [0.717, 1.165) is 5.56 Å². The lowest BCUT2D eigenvalue weighted by Gasteiger charge is -2.03. The number of para-hydroxylation sites is 1. The fourth-order valence-corrected chi connectivity index (χ4v) is 1.73. The number of carbonyl (C=O) groups excluding carboxylic acids is 1. The maximum absolute atomic E-state index is 12.1. The lowest BCUT2D eigenvalue weighted by Crippen LogP contribution is -1.99. The number of methoxy groups -OCH3 is 2. The summed E-state index contributed by atoms with van der Waals surface area (Å²) >= 11 is 0. The zero-order valence-electron chi connectivity index (χ0n) is 11.3. The highest BCUT2D eigenvalue weighted by atomic mass is 16.5. The number of ether oxygens (including phenoxy) is 2. The van der Waals surface area contributed by atoms with Crippen LogP contribution in [0.15, 0.2) is 48.5 Å². The van der Waals surface area contributed by atoms with E-state index in [1.165, 1.54) is 7.11 Å². The van der Waals surface area contributed by atoms with Crippen molar-refractivity contribution in [1.29, 1.82) is 0 Å². The Kier molecular flexibility index (Phi) is 4.41. The lowest BCUT2D eigenvalue weighted by molar-refractivity contribution is 0.105. The molecule has 0 fully saturated rings. The first-order valence-electron chi connectivity index (χ1n) is 6.08. The number of Topliss-reactive ketones (excluding diaryl/α,β-unsaturated/α-hetero) is 1. The molecule has 20 heavy (non-hydrogen) atoms. The Balaban J connectivity index is 2.26. The minimum absolute atomic E-state index is 0.273. The van der Waals surface area contributed by atoms with Crippen molar-refractivity contribution in [1.82, 2.24) is 0 Å². The maximum Gasteiger partial charge on any atom is 0.239 e. The van der Waals surface area contributed by atoms with Gasteiger partial charge in [0.25, 0.3) is 0 Å². The first-order chi connectivity index (χ1) is 9.74. The zero-order valence-corrected chi connectivity index (χ0v) is 11.3. The normalized spacial score (nSPS) is 9.30. The third-order valence-corrected chi connectivity index (χ3v) is 2.74. The van der Waals surface area contributed by atoms with Crippen molar-refractivity contribution in [2.24, 2.45) is 0 Å². The first-order valence-corrected chi connectivity index (χ1v) is 6.08. The molecule has 0 radical (unpaired) electrons. The van der Waals surface area contributed by atoms with Crippen molar-refractivity contribution in [2.75, 3.05) is 14.2 Å². The maximum atomic E-state index is 12.1. The molecule has 0 N–H and O–H groups in total. The second kappa shape index (κ2) is 6.44. The minimum atomic E-state index is -0.273. The number of hydrogen-bond acceptors (Lipinski definition) is 3. The highest BCUT2D eigenvalue weighted by Crippen LogP contribution is 2.17. The van der Waals surface area contributed by atoms with Crippen LogP contribution in [0.4, 0.5) is 0 Å². The van der Waals surface area contributed by atoms with Crippen molar-refractivity contribution in [3.63, 3.8) is 0 Å². The standard InChI is InChI=1S/C17H14O3/c1-19-14-7-5-6-13(12-14)10-11-16(18)15-8-3-4-9-17(15)20-2/h3-9,12H,1-2H3. The highest BCUT2D eigenvalue weighted by molar-refractivity contribution is 6.11. The average molecular weight is 266 g/mol. The molecule has 100 valence electrons. The van der Waals surface area contributed by atoms with Crippen LogP contribution in [0.1, 0.15) is 15.9 Å². The molecule has 0 saturated carbocycles. The molecule has 0 bridgehead atoms. The van der Waals surface area contributed by atoms with Crippen molar-refractivity contribution < 1.29 is 14.3 Å². The van der Waals surface area contributed by atoms with E-state index < -0.39 is 0 Å². The molecule has 0 spiro atoms. The van der Waals surface area contributed by atoms with Crippen LogP contribution in [-0.4, -0.2) is 20.0 Å². The summed E-state index contributed by atoms with van der Waals surface area (Å²) in [5.74, 6) is 6.41. The van der Waals surface area contributed by atoms with Crippen LogP contribution in [0, 0.1) is 11.8 Å². The summed E-state index contributed by atoms with van der Waals surface area (Å²) in [6, 6.07) is 14.3. The molecule has 3 nitrogen and oxygen atoms in total. The van der Waals surface area contributed by atoms with Gasteiger partial charge in [0.05, 0.1) is 19.8 Å². The van der Waals surface area contributed by atoms with Crippen LogP contribution in [0.2, 0.25) is 0 Å². The van der Waals surface area contributed by atoms with E-state index in [4.69, 9.17) is 9.47 Å². The van der Waals surface area contributed by atoms with Gasteiger partial charge in [-0.15, -0.1) is 0 Å². The smallest absolute Gasteiger partial charge is 0.239 e. The monoisotopic (exact) mass is 266 g/mol. The molecule has 0 aliphatic rings. The van der Waals surface area contributed by atoms with Crippen LogP contribution in [-0.2, 0) is 0 Å². The number of rotatable bonds is 3. The SMILES string of the molecule is COc1cccc(C#CC(=O)c2ccccc2OC)c1. The third-order valence-electron chi connectivity index (χ3n) is 2.74. The van der Waals surface area contributed by atoms with E-state index in [-0.39, 0.29) is 5.78 Å². The Morgan fingerprint density at radius 3 is 2.55 bits per heavy atom. The van der Waals surface area contributed by atoms with Gasteiger partial charge in [-0.2, -0.15) is 0 Å². The zero-order chi connectivity index (χ0) is 14.4. The number of carbonyl (C=O) groups is 1. The Morgan fingerprint density at radius 1 is 1.00 bits per heavy atom. The molecule has 0 aromatic heterocycles. The molecule has 3 heteroatoms. The summed E-state index contributed by atoms with van der Waals surface area (Å²) < 4.78 is 10.3. The van der Waals surface area contributed by atoms with Crippen molar-refractivity contribution in [2.45, 2.75) is 0 Å². The summed E-state index contributed by atoms with van der Waals surface area (Å²) in [5, 5.41) is 0. The summed E-state index contributed by atoms with van der Waals surface area (Å²) in [4.78, 5) is 12.1. The molecule has 0 heterocycles. The van der Waals surface area contributed by atoms with E-state index in [1.54, 1.807) is 31.4 Å². The van der Waals surface area contributed by atoms with Crippen molar-refractivity contribution in [3.05, 3.63) is 59.7 Å². The van der Waals surface area contributed by atoms with Gasteiger partial charge in [-0.25, -0.2) is 0 Å². The second-order valence-electron chi connectivity index (χ2n) is 4.01. The molecule has 2 aromatic carbocycles. The largest absolute Gasteiger partial charge is 0.497 e. The fourth-order valence-electron chi connectivity index (χ4n) is 1.73. The van der Waals surface area contributed by atoms with Crippen molar-refractivity contribution in [3.8, 4) is 23.3 Å². The Labute approximate surface area is 118 Å². The fraction of sp³-hybridized carbons (Fsp3) is 0.118. The average Bonchev–Trinajstić information content (AvgIpc) is 2.52. The van der Waals surface area contributed by atoms with Crippen molar-refractivity contribution >= 4 is 5.78 Å². The van der Waals surface area contributed by atoms with E-state index >= 15 is 0 Å². The van der Waals surface area contributed by atoms with E-state index in [2.05, 4.69) is 11.8 Å². The van der Waals surface area contributed by atoms with E-state index in [9.17, 15) is 4.79 Å². The number of benzene rings is 2. The van der Waals surface area contributed by atoms with Gasteiger partial charge in [0.1, 0.15) is 11.5 Å². The van der Waals surface area contributed by atoms with Gasteiger partial charge in [0.2, 0.25) is 5.78 Å². The van der Waals surface area contributed by atoms with Gasteiger partial charge in [-0.1, -0.05) is 24.1 Å². The van der Waals surface area contributed by atoms with Gasteiger partial charge in [0, 0.05) is 5.56 Å². The molecule has 0 saturated heterocycles. The molecule has 0 amide bonds. The number of ketones is 1. The number of hydrogen-bond donors (Lipinski definition) is 0. The molecule has 0 aliphatic carbocycles. The van der Waals surface area contributed by atoms with Crippen LogP contribution < -0.4 is 9.47 Å². The molecule has 2 aromatic rings. The summed E-state index contributed by atoms with van der Waals surface area (Å²) in [6.07, 6.45) is 0. The summed E-state index contributed by atoms with van der Waals surface area (Å²) in [7, 11) is 3.12. The lowest BCUT2D eigenvalue weighted by atomic mass is 10.1.